The largest absolute Gasteiger partial charge is 0.394 e. The SMILES string of the molecule is CC(C)[C@H]1c2nc(-c3ccccc3)cn2CCN1C(=O)[C@@H](N)CO. The maximum absolute atomic E-state index is 12.5. The van der Waals surface area contributed by atoms with Gasteiger partial charge in [-0.3, -0.25) is 4.79 Å². The predicted molar refractivity (Wildman–Crippen MR) is 92.0 cm³/mol. The molecule has 2 aromatic rings. The van der Waals surface area contributed by atoms with Gasteiger partial charge < -0.3 is 20.3 Å². The molecule has 1 aromatic heterocycles. The average molecular weight is 328 g/mol. The third-order valence-electron chi connectivity index (χ3n) is 4.49. The Labute approximate surface area is 141 Å². The number of fused-ring (bicyclic) bond motifs is 1. The van der Waals surface area contributed by atoms with Gasteiger partial charge in [0.1, 0.15) is 11.9 Å². The molecule has 0 saturated carbocycles. The lowest BCUT2D eigenvalue weighted by atomic mass is 9.99. The molecule has 0 spiro atoms. The summed E-state index contributed by atoms with van der Waals surface area (Å²) in [6.45, 7) is 5.06. The number of aliphatic hydroxyl groups is 1. The zero-order chi connectivity index (χ0) is 17.3. The molecule has 0 unspecified atom stereocenters. The van der Waals surface area contributed by atoms with Crippen LogP contribution in [0.4, 0.5) is 0 Å². The van der Waals surface area contributed by atoms with Crippen LogP contribution in [-0.4, -0.2) is 44.7 Å². The quantitative estimate of drug-likeness (QED) is 0.889. The fraction of sp³-hybridized carbons (Fsp3) is 0.444. The van der Waals surface area contributed by atoms with E-state index in [2.05, 4.69) is 18.4 Å². The molecule has 24 heavy (non-hydrogen) atoms. The highest BCUT2D eigenvalue weighted by Gasteiger charge is 2.36. The molecule has 6 heteroatoms. The molecule has 3 N–H and O–H groups in total. The molecule has 1 amide bonds. The molecule has 128 valence electrons. The van der Waals surface area contributed by atoms with Crippen molar-refractivity contribution in [1.82, 2.24) is 14.5 Å². The maximum Gasteiger partial charge on any atom is 0.242 e. The standard InChI is InChI=1S/C18H24N4O2/c1-12(2)16-17-20-15(13-6-4-3-5-7-13)10-21(17)8-9-22(16)18(24)14(19)11-23/h3-7,10,12,14,16,23H,8-9,11,19H2,1-2H3/t14-,16-/m0/s1. The van der Waals surface area contributed by atoms with E-state index in [1.54, 1.807) is 4.90 Å². The number of hydrogen-bond acceptors (Lipinski definition) is 4. The number of hydrogen-bond donors (Lipinski definition) is 2. The lowest BCUT2D eigenvalue weighted by Gasteiger charge is -2.39. The first-order chi connectivity index (χ1) is 11.5. The number of amides is 1. The number of carbonyl (C=O) groups excluding carboxylic acids is 1. The summed E-state index contributed by atoms with van der Waals surface area (Å²) in [5, 5.41) is 9.22. The maximum atomic E-state index is 12.5. The summed E-state index contributed by atoms with van der Waals surface area (Å²) in [6, 6.07) is 9.01. The van der Waals surface area contributed by atoms with Crippen molar-refractivity contribution in [3.8, 4) is 11.3 Å². The summed E-state index contributed by atoms with van der Waals surface area (Å²) >= 11 is 0. The van der Waals surface area contributed by atoms with Crippen molar-refractivity contribution in [2.45, 2.75) is 32.5 Å². The molecule has 0 radical (unpaired) electrons. The Balaban J connectivity index is 1.98. The minimum absolute atomic E-state index is 0.138. The Bertz CT molecular complexity index is 711. The Kier molecular flexibility index (Phi) is 4.69. The van der Waals surface area contributed by atoms with Crippen molar-refractivity contribution < 1.29 is 9.90 Å². The highest BCUT2D eigenvalue weighted by Crippen LogP contribution is 2.33. The van der Waals surface area contributed by atoms with Crippen LogP contribution in [0.1, 0.15) is 25.7 Å². The van der Waals surface area contributed by atoms with E-state index in [0.29, 0.717) is 13.1 Å². The van der Waals surface area contributed by atoms with Crippen molar-refractivity contribution in [2.75, 3.05) is 13.2 Å². The van der Waals surface area contributed by atoms with Gasteiger partial charge in [-0.25, -0.2) is 4.98 Å². The van der Waals surface area contributed by atoms with Gasteiger partial charge in [0.2, 0.25) is 5.91 Å². The molecular weight excluding hydrogens is 304 g/mol. The van der Waals surface area contributed by atoms with Gasteiger partial charge in [-0.05, 0) is 5.92 Å². The number of aromatic nitrogens is 2. The zero-order valence-corrected chi connectivity index (χ0v) is 14.1. The topological polar surface area (TPSA) is 84.4 Å². The van der Waals surface area contributed by atoms with Gasteiger partial charge in [-0.1, -0.05) is 44.2 Å². The molecule has 1 aliphatic rings. The summed E-state index contributed by atoms with van der Waals surface area (Å²) in [7, 11) is 0. The Hall–Kier alpha value is -2.18. The predicted octanol–water partition coefficient (Wildman–Crippen LogP) is 1.41. The molecule has 1 aliphatic heterocycles. The van der Waals surface area contributed by atoms with E-state index in [1.165, 1.54) is 0 Å². The fourth-order valence-corrected chi connectivity index (χ4v) is 3.28. The van der Waals surface area contributed by atoms with Gasteiger partial charge in [0.25, 0.3) is 0 Å². The van der Waals surface area contributed by atoms with Crippen LogP contribution in [0.5, 0.6) is 0 Å². The highest BCUT2D eigenvalue weighted by atomic mass is 16.3. The van der Waals surface area contributed by atoms with Gasteiger partial charge >= 0.3 is 0 Å². The number of aliphatic hydroxyl groups excluding tert-OH is 1. The second kappa shape index (κ2) is 6.75. The molecule has 3 rings (SSSR count). The normalized spacial score (nSPS) is 18.5. The van der Waals surface area contributed by atoms with Crippen LogP contribution in [0.25, 0.3) is 11.3 Å². The van der Waals surface area contributed by atoms with Crippen LogP contribution < -0.4 is 5.73 Å². The first-order valence-corrected chi connectivity index (χ1v) is 8.32. The Morgan fingerprint density at radius 1 is 1.33 bits per heavy atom. The molecule has 1 aromatic carbocycles. The van der Waals surface area contributed by atoms with E-state index in [9.17, 15) is 9.90 Å². The van der Waals surface area contributed by atoms with Crippen molar-refractivity contribution in [1.29, 1.82) is 0 Å². The number of nitrogens with two attached hydrogens (primary N) is 1. The van der Waals surface area contributed by atoms with Gasteiger partial charge in [-0.2, -0.15) is 0 Å². The highest BCUT2D eigenvalue weighted by molar-refractivity contribution is 5.82. The van der Waals surface area contributed by atoms with Gasteiger partial charge in [0, 0.05) is 24.8 Å². The van der Waals surface area contributed by atoms with E-state index in [4.69, 9.17) is 10.7 Å². The van der Waals surface area contributed by atoms with Crippen LogP contribution in [0, 0.1) is 5.92 Å². The first kappa shape index (κ1) is 16.7. The first-order valence-electron chi connectivity index (χ1n) is 8.32. The van der Waals surface area contributed by atoms with Gasteiger partial charge in [0.15, 0.2) is 0 Å². The molecule has 0 fully saturated rings. The average Bonchev–Trinajstić information content (AvgIpc) is 3.04. The molecule has 6 nitrogen and oxygen atoms in total. The Morgan fingerprint density at radius 3 is 2.67 bits per heavy atom. The summed E-state index contributed by atoms with van der Waals surface area (Å²) in [5.41, 5.74) is 7.73. The minimum atomic E-state index is -0.874. The summed E-state index contributed by atoms with van der Waals surface area (Å²) < 4.78 is 2.13. The van der Waals surface area contributed by atoms with Crippen molar-refractivity contribution in [3.05, 3.63) is 42.4 Å². The van der Waals surface area contributed by atoms with Crippen LogP contribution in [0.3, 0.4) is 0 Å². The lowest BCUT2D eigenvalue weighted by Crippen LogP contribution is -2.51. The van der Waals surface area contributed by atoms with Gasteiger partial charge in [-0.15, -0.1) is 0 Å². The van der Waals surface area contributed by atoms with E-state index in [0.717, 1.165) is 17.1 Å². The Morgan fingerprint density at radius 2 is 2.04 bits per heavy atom. The number of rotatable bonds is 4. The second-order valence-electron chi connectivity index (χ2n) is 6.55. The zero-order valence-electron chi connectivity index (χ0n) is 14.1. The monoisotopic (exact) mass is 328 g/mol. The van der Waals surface area contributed by atoms with Crippen LogP contribution >= 0.6 is 0 Å². The second-order valence-corrected chi connectivity index (χ2v) is 6.55. The summed E-state index contributed by atoms with van der Waals surface area (Å²) in [5.74, 6) is 0.866. The molecule has 2 heterocycles. The van der Waals surface area contributed by atoms with Crippen molar-refractivity contribution in [2.24, 2.45) is 11.7 Å². The smallest absolute Gasteiger partial charge is 0.242 e. The summed E-state index contributed by atoms with van der Waals surface area (Å²) in [4.78, 5) is 19.1. The van der Waals surface area contributed by atoms with E-state index in [1.807, 2.05) is 36.5 Å². The van der Waals surface area contributed by atoms with Crippen molar-refractivity contribution >= 4 is 5.91 Å². The lowest BCUT2D eigenvalue weighted by molar-refractivity contribution is -0.138. The number of imidazole rings is 1. The molecule has 2 atom stereocenters. The van der Waals surface area contributed by atoms with Crippen LogP contribution in [-0.2, 0) is 11.3 Å². The van der Waals surface area contributed by atoms with Crippen LogP contribution in [0.2, 0.25) is 0 Å². The molecular formula is C18H24N4O2. The number of nitrogens with zero attached hydrogens (tertiary/aromatic N) is 3. The third-order valence-corrected chi connectivity index (χ3v) is 4.49. The van der Waals surface area contributed by atoms with Gasteiger partial charge in [0.05, 0.1) is 18.3 Å². The van der Waals surface area contributed by atoms with E-state index < -0.39 is 6.04 Å². The summed E-state index contributed by atoms with van der Waals surface area (Å²) in [6.07, 6.45) is 2.05. The van der Waals surface area contributed by atoms with Crippen LogP contribution in [0.15, 0.2) is 36.5 Å². The molecule has 0 saturated heterocycles. The third kappa shape index (κ3) is 2.95. The van der Waals surface area contributed by atoms with E-state index in [-0.39, 0.29) is 24.5 Å². The number of carbonyl (C=O) groups is 1. The van der Waals surface area contributed by atoms with Crippen molar-refractivity contribution in [3.63, 3.8) is 0 Å². The molecule has 0 aliphatic carbocycles. The minimum Gasteiger partial charge on any atom is -0.394 e. The molecule has 0 bridgehead atoms. The number of benzene rings is 1. The fourth-order valence-electron chi connectivity index (χ4n) is 3.28. The van der Waals surface area contributed by atoms with E-state index >= 15 is 0 Å².